The maximum Gasteiger partial charge on any atom is 0.272 e. The van der Waals surface area contributed by atoms with Gasteiger partial charge in [-0.3, -0.25) is 0 Å². The van der Waals surface area contributed by atoms with Crippen molar-refractivity contribution in [3.63, 3.8) is 0 Å². The van der Waals surface area contributed by atoms with Crippen LogP contribution in [0.1, 0.15) is 0 Å². The summed E-state index contributed by atoms with van der Waals surface area (Å²) < 4.78 is 56.3. The van der Waals surface area contributed by atoms with E-state index in [-0.39, 0.29) is 56.3 Å². The van der Waals surface area contributed by atoms with Crippen molar-refractivity contribution in [3.8, 4) is 56.8 Å². The van der Waals surface area contributed by atoms with Gasteiger partial charge in [-0.05, 0) is 11.3 Å². The Morgan fingerprint density at radius 3 is 1.49 bits per heavy atom. The van der Waals surface area contributed by atoms with E-state index in [9.17, 15) is 12.8 Å². The summed E-state index contributed by atoms with van der Waals surface area (Å²) in [7, 11) is -4.70. The molecule has 8 aromatic rings. The van der Waals surface area contributed by atoms with Crippen LogP contribution in [0.15, 0.2) is 89.8 Å². The maximum absolute atomic E-state index is 15.1. The van der Waals surface area contributed by atoms with Crippen LogP contribution < -0.4 is 5.14 Å². The summed E-state index contributed by atoms with van der Waals surface area (Å²) in [5, 5.41) is 17.5. The number of hydrogen-bond donors (Lipinski definition) is 3. The van der Waals surface area contributed by atoms with Crippen LogP contribution in [0.4, 0.5) is 8.78 Å². The number of hydrogen-bond acceptors (Lipinski definition) is 11. The summed E-state index contributed by atoms with van der Waals surface area (Å²) in [6.07, 6.45) is 0. The normalized spacial score (nSPS) is 12.1. The van der Waals surface area contributed by atoms with Gasteiger partial charge in [0, 0.05) is 66.4 Å². The first-order chi connectivity index (χ1) is 25.2. The summed E-state index contributed by atoms with van der Waals surface area (Å²) >= 11 is 0. The Hall–Kier alpha value is -6.46. The van der Waals surface area contributed by atoms with E-state index >= 15 is 4.39 Å². The molecule has 0 spiro atoms. The van der Waals surface area contributed by atoms with Crippen molar-refractivity contribution in [3.05, 3.63) is 96.7 Å². The second kappa shape index (κ2) is 11.8. The number of sulfonamides is 1. The molecule has 18 heteroatoms. The van der Waals surface area contributed by atoms with E-state index < -0.39 is 32.4 Å². The Kier molecular flexibility index (Phi) is 7.22. The van der Waals surface area contributed by atoms with Gasteiger partial charge >= 0.3 is 0 Å². The van der Waals surface area contributed by atoms with Crippen LogP contribution in [0.3, 0.4) is 0 Å². The van der Waals surface area contributed by atoms with Crippen molar-refractivity contribution in [1.82, 2.24) is 55.3 Å². The number of nitrogens with zero attached hydrogens (tertiary/aromatic N) is 9. The quantitative estimate of drug-likeness (QED) is 0.183. The van der Waals surface area contributed by atoms with Gasteiger partial charge in [-0.2, -0.15) is 8.78 Å². The second-order valence-electron chi connectivity index (χ2n) is 11.9. The molecule has 4 aromatic carbocycles. The molecule has 0 fully saturated rings. The summed E-state index contributed by atoms with van der Waals surface area (Å²) in [5.41, 5.74) is 2.67. The molecular formula is C35H18CuF2N12O2S. The molecule has 10 rings (SSSR count). The Labute approximate surface area is 306 Å². The fraction of sp³-hybridized carbons (Fsp3) is 0. The Morgan fingerprint density at radius 2 is 0.981 bits per heavy atom. The van der Waals surface area contributed by atoms with Gasteiger partial charge < -0.3 is 9.97 Å². The van der Waals surface area contributed by atoms with Gasteiger partial charge in [-0.25, -0.2) is 43.5 Å². The second-order valence-corrected chi connectivity index (χ2v) is 13.4. The van der Waals surface area contributed by atoms with Crippen molar-refractivity contribution < 1.29 is 34.3 Å². The minimum absolute atomic E-state index is 0. The van der Waals surface area contributed by atoms with Gasteiger partial charge in [-0.1, -0.05) is 84.0 Å². The fourth-order valence-corrected chi connectivity index (χ4v) is 7.61. The van der Waals surface area contributed by atoms with Crippen molar-refractivity contribution in [2.45, 2.75) is 4.90 Å². The largest absolute Gasteiger partial charge is 0.324 e. The number of primary sulfonamides is 1. The number of aromatic nitrogens is 11. The molecule has 0 saturated heterocycles. The number of nitrogens with two attached hydrogens (primary N) is 1. The van der Waals surface area contributed by atoms with Crippen LogP contribution in [-0.2, 0) is 27.1 Å². The summed E-state index contributed by atoms with van der Waals surface area (Å²) in [4.78, 5) is 35.0. The van der Waals surface area contributed by atoms with Crippen molar-refractivity contribution >= 4 is 54.2 Å². The van der Waals surface area contributed by atoms with E-state index in [2.05, 4.69) is 25.4 Å². The zero-order valence-electron chi connectivity index (χ0n) is 26.5. The number of H-pyrrole nitrogens is 2. The first-order valence-electron chi connectivity index (χ1n) is 15.6. The molecule has 0 unspecified atom stereocenters. The number of benzene rings is 4. The fourth-order valence-electron chi connectivity index (χ4n) is 6.65. The predicted molar refractivity (Wildman–Crippen MR) is 186 cm³/mol. The van der Waals surface area contributed by atoms with E-state index in [1.165, 1.54) is 12.1 Å². The van der Waals surface area contributed by atoms with E-state index in [1.54, 1.807) is 12.1 Å². The molecule has 0 aliphatic carbocycles. The van der Waals surface area contributed by atoms with Crippen LogP contribution in [0.5, 0.6) is 0 Å². The molecular weight excluding hydrogens is 754 g/mol. The molecule has 14 nitrogen and oxygen atoms in total. The number of nitrogens with one attached hydrogen (secondary N) is 2. The maximum atomic E-state index is 15.1. The smallest absolute Gasteiger partial charge is 0.272 e. The minimum atomic E-state index is -4.70. The van der Waals surface area contributed by atoms with Gasteiger partial charge in [0.25, 0.3) is 5.95 Å². The SMILES string of the molecule is NS(=O)(=O)c1c(-c2nnnc(F)c2F)ccc2c3nc4nc(nc5[nH]c(nc6nc(nc([nH]3)c12)-c1ccccc1-6)c1ccccc51)-c1ccccc1-4.[Cu]. The molecule has 2 aliphatic rings. The number of halogens is 2. The first kappa shape index (κ1) is 32.4. The average Bonchev–Trinajstić information content (AvgIpc) is 3.88. The molecule has 0 amide bonds. The van der Waals surface area contributed by atoms with Crippen LogP contribution >= 0.6 is 0 Å². The number of aromatic amines is 2. The zero-order chi connectivity index (χ0) is 35.3. The first-order valence-corrected chi connectivity index (χ1v) is 17.1. The molecule has 2 aliphatic heterocycles. The van der Waals surface area contributed by atoms with E-state index in [1.807, 2.05) is 60.7 Å². The Balaban J connectivity index is 0.00000372. The predicted octanol–water partition coefficient (Wildman–Crippen LogP) is 5.64. The van der Waals surface area contributed by atoms with E-state index in [0.717, 1.165) is 10.8 Å². The monoisotopic (exact) mass is 771 g/mol. The summed E-state index contributed by atoms with van der Waals surface area (Å²) in [6, 6.07) is 25.1. The summed E-state index contributed by atoms with van der Waals surface area (Å²) in [6.45, 7) is 0. The van der Waals surface area contributed by atoms with Crippen molar-refractivity contribution in [2.24, 2.45) is 5.14 Å². The molecule has 0 atom stereocenters. The third kappa shape index (κ3) is 4.99. The number of rotatable bonds is 2. The van der Waals surface area contributed by atoms with Crippen LogP contribution in [0, 0.1) is 11.8 Å². The third-order valence-electron chi connectivity index (χ3n) is 8.88. The molecule has 4 N–H and O–H groups in total. The number of fused-ring (bicyclic) bond motifs is 20. The standard InChI is InChI=1S/C35H18F2N12O2S.Cu/c36-24-25(47-49-48-27(24)37)22-14-13-21-23(26(22)52(38,50)51)35-45-33-20-12-6-5-11-19(20)31(43-33)41-29-16-8-2-1-7-15(16)28(39-29)40-30-17-9-3-4-10-18(17)32(42-30)44-34(21)46-35;/h1-14H,(H2,38,50,51)(H2,39,40,41,42,43,44,45,46);. The van der Waals surface area contributed by atoms with Gasteiger partial charge in [-0.15, -0.1) is 5.10 Å². The van der Waals surface area contributed by atoms with Gasteiger partial charge in [0.15, 0.2) is 23.3 Å². The van der Waals surface area contributed by atoms with Gasteiger partial charge in [0.1, 0.15) is 33.2 Å². The molecule has 4 aromatic heterocycles. The molecule has 1 radical (unpaired) electrons. The Bertz CT molecular complexity index is 3170. The molecule has 8 bridgehead atoms. The van der Waals surface area contributed by atoms with E-state index in [0.29, 0.717) is 45.2 Å². The van der Waals surface area contributed by atoms with Crippen LogP contribution in [-0.4, -0.2) is 63.7 Å². The molecule has 0 saturated carbocycles. The zero-order valence-corrected chi connectivity index (χ0v) is 28.2. The van der Waals surface area contributed by atoms with Crippen molar-refractivity contribution in [1.29, 1.82) is 0 Å². The molecule has 53 heavy (non-hydrogen) atoms. The minimum Gasteiger partial charge on any atom is -0.324 e. The van der Waals surface area contributed by atoms with Gasteiger partial charge in [0.2, 0.25) is 15.8 Å². The third-order valence-corrected chi connectivity index (χ3v) is 9.87. The van der Waals surface area contributed by atoms with E-state index in [4.69, 9.17) is 35.0 Å². The summed E-state index contributed by atoms with van der Waals surface area (Å²) in [5.74, 6) is -1.92. The van der Waals surface area contributed by atoms with Crippen LogP contribution in [0.2, 0.25) is 0 Å². The van der Waals surface area contributed by atoms with Gasteiger partial charge in [0.05, 0.1) is 0 Å². The average molecular weight is 772 g/mol. The molecule has 261 valence electrons. The Morgan fingerprint density at radius 1 is 0.528 bits per heavy atom. The molecule has 6 heterocycles. The topological polar surface area (TPSA) is 208 Å². The van der Waals surface area contributed by atoms with Crippen molar-refractivity contribution in [2.75, 3.05) is 0 Å². The van der Waals surface area contributed by atoms with Crippen LogP contribution in [0.25, 0.3) is 101 Å².